The maximum atomic E-state index is 12.4. The van der Waals surface area contributed by atoms with Gasteiger partial charge in [0, 0.05) is 26.3 Å². The van der Waals surface area contributed by atoms with E-state index >= 15 is 0 Å². The van der Waals surface area contributed by atoms with Crippen molar-refractivity contribution in [2.45, 2.75) is 38.3 Å². The third-order valence-corrected chi connectivity index (χ3v) is 4.34. The SMILES string of the molecule is CC(O)[C@H](CC(=O)C[C@@H](CC(N)=O)C(=O)NN(C)C(=S)[C@@H](N)CO)C(=O)O. The number of rotatable bonds is 11. The van der Waals surface area contributed by atoms with E-state index in [0.29, 0.717) is 0 Å². The van der Waals surface area contributed by atoms with Crippen LogP contribution in [0.4, 0.5) is 0 Å². The molecule has 0 aromatic carbocycles. The van der Waals surface area contributed by atoms with Crippen LogP contribution >= 0.6 is 12.2 Å². The van der Waals surface area contributed by atoms with E-state index in [1.807, 2.05) is 0 Å². The number of carbonyl (C=O) groups is 4. The molecule has 0 radical (unpaired) electrons. The molecular formula is C15H26N4O7S. The predicted molar refractivity (Wildman–Crippen MR) is 97.9 cm³/mol. The summed E-state index contributed by atoms with van der Waals surface area (Å²) >= 11 is 4.97. The molecule has 0 spiro atoms. The summed E-state index contributed by atoms with van der Waals surface area (Å²) in [6.07, 6.45) is -2.66. The Balaban J connectivity index is 5.08. The molecule has 0 aliphatic rings. The van der Waals surface area contributed by atoms with E-state index in [-0.39, 0.29) is 4.99 Å². The van der Waals surface area contributed by atoms with Gasteiger partial charge in [0.1, 0.15) is 10.8 Å². The average Bonchev–Trinajstić information content (AvgIpc) is 2.56. The summed E-state index contributed by atoms with van der Waals surface area (Å²) in [4.78, 5) is 46.8. The number of carboxylic acid groups (broad SMARTS) is 1. The molecule has 0 aromatic rings. The van der Waals surface area contributed by atoms with Crippen molar-refractivity contribution in [3.8, 4) is 0 Å². The Bertz CT molecular complexity index is 585. The number of nitrogens with one attached hydrogen (secondary N) is 1. The van der Waals surface area contributed by atoms with Crippen LogP contribution in [0.5, 0.6) is 0 Å². The molecule has 154 valence electrons. The first kappa shape index (κ1) is 24.8. The van der Waals surface area contributed by atoms with E-state index in [9.17, 15) is 24.3 Å². The molecule has 0 aliphatic carbocycles. The van der Waals surface area contributed by atoms with Crippen LogP contribution in [0.15, 0.2) is 0 Å². The van der Waals surface area contributed by atoms with Crippen LogP contribution in [0.2, 0.25) is 0 Å². The topological polar surface area (TPSA) is 196 Å². The molecule has 0 bridgehead atoms. The highest BCUT2D eigenvalue weighted by atomic mass is 32.1. The van der Waals surface area contributed by atoms with Gasteiger partial charge in [0.2, 0.25) is 11.8 Å². The number of ketones is 1. The zero-order valence-corrected chi connectivity index (χ0v) is 15.9. The number of carbonyl (C=O) groups excluding carboxylic acids is 3. The smallest absolute Gasteiger partial charge is 0.309 e. The molecule has 0 saturated carbocycles. The lowest BCUT2D eigenvalue weighted by atomic mass is 9.90. The number of aliphatic hydroxyl groups is 2. The molecule has 11 nitrogen and oxygen atoms in total. The molecule has 0 aromatic heterocycles. The number of carboxylic acids is 1. The first-order chi connectivity index (χ1) is 12.4. The van der Waals surface area contributed by atoms with Gasteiger partial charge >= 0.3 is 5.97 Å². The zero-order chi connectivity index (χ0) is 21.3. The van der Waals surface area contributed by atoms with E-state index in [0.717, 1.165) is 5.01 Å². The summed E-state index contributed by atoms with van der Waals surface area (Å²) in [5, 5.41) is 28.5. The molecule has 27 heavy (non-hydrogen) atoms. The van der Waals surface area contributed by atoms with Crippen molar-refractivity contribution in [2.75, 3.05) is 13.7 Å². The molecule has 0 rings (SSSR count). The van der Waals surface area contributed by atoms with Gasteiger partial charge in [-0.3, -0.25) is 29.6 Å². The third-order valence-electron chi connectivity index (χ3n) is 3.76. The van der Waals surface area contributed by atoms with Gasteiger partial charge in [0.05, 0.1) is 30.6 Å². The molecule has 1 unspecified atom stereocenters. The van der Waals surface area contributed by atoms with Crippen LogP contribution in [-0.4, -0.2) is 74.7 Å². The molecule has 12 heteroatoms. The van der Waals surface area contributed by atoms with Crippen molar-refractivity contribution in [3.05, 3.63) is 0 Å². The number of nitrogens with two attached hydrogens (primary N) is 2. The number of hydrogen-bond donors (Lipinski definition) is 6. The van der Waals surface area contributed by atoms with Crippen molar-refractivity contribution in [1.29, 1.82) is 0 Å². The van der Waals surface area contributed by atoms with Gasteiger partial charge in [-0.1, -0.05) is 12.2 Å². The Morgan fingerprint density at radius 3 is 2.15 bits per heavy atom. The number of aliphatic carboxylic acids is 1. The Morgan fingerprint density at radius 1 is 1.19 bits per heavy atom. The van der Waals surface area contributed by atoms with Crippen molar-refractivity contribution >= 4 is 40.8 Å². The second-order valence-electron chi connectivity index (χ2n) is 6.16. The molecule has 0 saturated heterocycles. The Hall–Kier alpha value is -2.15. The second-order valence-corrected chi connectivity index (χ2v) is 6.58. The van der Waals surface area contributed by atoms with Crippen LogP contribution in [0.25, 0.3) is 0 Å². The van der Waals surface area contributed by atoms with Gasteiger partial charge in [-0.2, -0.15) is 0 Å². The first-order valence-electron chi connectivity index (χ1n) is 8.06. The maximum absolute atomic E-state index is 12.4. The summed E-state index contributed by atoms with van der Waals surface area (Å²) in [6.45, 7) is 0.790. The van der Waals surface area contributed by atoms with E-state index in [4.69, 9.17) is 33.9 Å². The average molecular weight is 406 g/mol. The number of hydrazine groups is 1. The van der Waals surface area contributed by atoms with Gasteiger partial charge in [0.15, 0.2) is 0 Å². The van der Waals surface area contributed by atoms with Crippen LogP contribution in [-0.2, 0) is 19.2 Å². The van der Waals surface area contributed by atoms with Crippen LogP contribution in [0.3, 0.4) is 0 Å². The molecular weight excluding hydrogens is 380 g/mol. The highest BCUT2D eigenvalue weighted by molar-refractivity contribution is 7.80. The largest absolute Gasteiger partial charge is 0.481 e. The number of likely N-dealkylation sites (N-methyl/N-ethyl adjacent to an activating group) is 1. The van der Waals surface area contributed by atoms with E-state index < -0.39 is 73.4 Å². The van der Waals surface area contributed by atoms with Crippen LogP contribution in [0.1, 0.15) is 26.2 Å². The zero-order valence-electron chi connectivity index (χ0n) is 15.1. The lowest BCUT2D eigenvalue weighted by molar-refractivity contribution is -0.147. The van der Waals surface area contributed by atoms with Crippen molar-refractivity contribution in [2.24, 2.45) is 23.3 Å². The fourth-order valence-electron chi connectivity index (χ4n) is 2.21. The second kappa shape index (κ2) is 11.5. The van der Waals surface area contributed by atoms with Gasteiger partial charge in [-0.15, -0.1) is 0 Å². The minimum atomic E-state index is -1.35. The maximum Gasteiger partial charge on any atom is 0.309 e. The molecule has 0 aliphatic heterocycles. The summed E-state index contributed by atoms with van der Waals surface area (Å²) in [7, 11) is 1.37. The molecule has 2 amide bonds. The Labute approximate surface area is 161 Å². The normalized spacial score (nSPS) is 15.1. The quantitative estimate of drug-likeness (QED) is 0.158. The van der Waals surface area contributed by atoms with Crippen molar-refractivity contribution in [1.82, 2.24) is 10.4 Å². The van der Waals surface area contributed by atoms with E-state index in [2.05, 4.69) is 5.43 Å². The predicted octanol–water partition coefficient (Wildman–Crippen LogP) is -2.48. The summed E-state index contributed by atoms with van der Waals surface area (Å²) in [5.41, 5.74) is 13.0. The number of hydrogen-bond acceptors (Lipinski definition) is 8. The van der Waals surface area contributed by atoms with Gasteiger partial charge in [0.25, 0.3) is 0 Å². The summed E-state index contributed by atoms with van der Waals surface area (Å²) in [5.74, 6) is -6.03. The van der Waals surface area contributed by atoms with Gasteiger partial charge < -0.3 is 26.8 Å². The van der Waals surface area contributed by atoms with E-state index in [1.54, 1.807) is 0 Å². The van der Waals surface area contributed by atoms with Crippen molar-refractivity contribution in [3.63, 3.8) is 0 Å². The highest BCUT2D eigenvalue weighted by Gasteiger charge is 2.30. The third kappa shape index (κ3) is 8.86. The summed E-state index contributed by atoms with van der Waals surface area (Å²) in [6, 6.07) is -0.899. The number of amides is 2. The molecule has 8 N–H and O–H groups in total. The number of Topliss-reactive ketones (excluding diaryl/α,β-unsaturated/α-hetero) is 1. The van der Waals surface area contributed by atoms with Crippen LogP contribution in [0, 0.1) is 11.8 Å². The van der Waals surface area contributed by atoms with Gasteiger partial charge in [-0.25, -0.2) is 0 Å². The lowest BCUT2D eigenvalue weighted by Crippen LogP contribution is -2.52. The minimum Gasteiger partial charge on any atom is -0.481 e. The number of thiocarbonyl (C=S) groups is 1. The number of nitrogens with zero attached hydrogens (tertiary/aromatic N) is 1. The molecule has 0 heterocycles. The van der Waals surface area contributed by atoms with Crippen molar-refractivity contribution < 1.29 is 34.5 Å². The van der Waals surface area contributed by atoms with Crippen LogP contribution < -0.4 is 16.9 Å². The summed E-state index contributed by atoms with van der Waals surface area (Å²) < 4.78 is 0. The standard InChI is InChI=1S/C15H26N4O7S/c1-7(21)10(15(25)26)5-9(22)3-8(4-12(17)23)13(24)18-19(2)14(27)11(16)6-20/h7-8,10-11,20-21H,3-6,16H2,1-2H3,(H2,17,23)(H,18,24)(H,25,26)/t7?,8-,10-,11-/m0/s1. The number of aliphatic hydroxyl groups excluding tert-OH is 2. The monoisotopic (exact) mass is 406 g/mol. The Morgan fingerprint density at radius 2 is 1.74 bits per heavy atom. The Kier molecular flexibility index (Phi) is 10.6. The first-order valence-corrected chi connectivity index (χ1v) is 8.46. The molecule has 0 fully saturated rings. The minimum absolute atomic E-state index is 0.0232. The number of primary amides is 1. The lowest BCUT2D eigenvalue weighted by Gasteiger charge is -2.26. The van der Waals surface area contributed by atoms with Gasteiger partial charge in [-0.05, 0) is 6.92 Å². The fourth-order valence-corrected chi connectivity index (χ4v) is 2.33. The fraction of sp³-hybridized carbons (Fsp3) is 0.667. The molecule has 4 atom stereocenters. The highest BCUT2D eigenvalue weighted by Crippen LogP contribution is 2.16. The van der Waals surface area contributed by atoms with E-state index in [1.165, 1.54) is 14.0 Å².